The van der Waals surface area contributed by atoms with Crippen molar-refractivity contribution in [2.75, 3.05) is 0 Å². The summed E-state index contributed by atoms with van der Waals surface area (Å²) in [5, 5.41) is 0. The summed E-state index contributed by atoms with van der Waals surface area (Å²) in [5.74, 6) is 0. The minimum absolute atomic E-state index is 0.559. The number of rotatable bonds is 2. The van der Waals surface area contributed by atoms with Gasteiger partial charge in [-0.25, -0.2) is 0 Å². The fourth-order valence-corrected chi connectivity index (χ4v) is 13.6. The molecule has 2 atom stereocenters. The summed E-state index contributed by atoms with van der Waals surface area (Å²) in [6.07, 6.45) is 8.22. The third kappa shape index (κ3) is 4.98. The van der Waals surface area contributed by atoms with Crippen LogP contribution in [0.25, 0.3) is 18.2 Å². The van der Waals surface area contributed by atoms with Crippen molar-refractivity contribution in [2.45, 2.75) is 72.1 Å². The number of allylic oxidation sites excluding steroid dienone is 3. The van der Waals surface area contributed by atoms with E-state index in [1.165, 1.54) is 80.2 Å². The van der Waals surface area contributed by atoms with Gasteiger partial charge in [-0.3, -0.25) is 0 Å². The van der Waals surface area contributed by atoms with Crippen LogP contribution < -0.4 is 0 Å². The lowest BCUT2D eigenvalue weighted by Gasteiger charge is -2.39. The topological polar surface area (TPSA) is 0 Å². The molecular weight excluding hydrogens is 688 g/mol. The van der Waals surface area contributed by atoms with Crippen molar-refractivity contribution in [1.82, 2.24) is 0 Å². The molecule has 0 aromatic heterocycles. The van der Waals surface area contributed by atoms with E-state index in [0.29, 0.717) is 11.1 Å². The minimum atomic E-state index is -1.72. The van der Waals surface area contributed by atoms with E-state index in [-0.39, 0.29) is 0 Å². The van der Waals surface area contributed by atoms with Crippen molar-refractivity contribution < 1.29 is 0 Å². The van der Waals surface area contributed by atoms with E-state index in [1.54, 1.807) is 0 Å². The maximum atomic E-state index is 3.84. The number of hydrogen-bond donors (Lipinski definition) is 0. The van der Waals surface area contributed by atoms with Crippen LogP contribution in [-0.2, 0) is 6.42 Å². The molecule has 2 unspecified atom stereocenters. The number of aryl methyl sites for hydroxylation is 3. The second-order valence-electron chi connectivity index (χ2n) is 12.3. The molecule has 0 N–H and O–H groups in total. The highest BCUT2D eigenvalue weighted by molar-refractivity contribution is 9.11. The van der Waals surface area contributed by atoms with E-state index in [0.717, 1.165) is 6.42 Å². The van der Waals surface area contributed by atoms with Gasteiger partial charge in [-0.2, -0.15) is 0 Å². The zero-order valence-electron chi connectivity index (χ0n) is 24.2. The zero-order chi connectivity index (χ0) is 28.4. The molecule has 0 radical (unpaired) electrons. The first-order chi connectivity index (χ1) is 18.3. The molecular formula is C35H37Br3Si. The van der Waals surface area contributed by atoms with E-state index in [1.807, 2.05) is 0 Å². The standard InChI is InChI=1S/C24H26Br2Si.C11H11Br/c1-13-7-9-17-19(21(13)25)11-15(3)23(17)27(5,6)24-16(4)12-20-18(24)10-8-14(2)22(20)26;1-7-5-9-4-3-8(2)11(12)10(9)6-7/h7-12,23-24H,1-6H3;3-5H,6H2,1-2H3. The summed E-state index contributed by atoms with van der Waals surface area (Å²) in [6.45, 7) is 18.5. The Morgan fingerprint density at radius 3 is 1.51 bits per heavy atom. The van der Waals surface area contributed by atoms with Crippen LogP contribution in [0.4, 0.5) is 0 Å². The van der Waals surface area contributed by atoms with E-state index >= 15 is 0 Å². The highest BCUT2D eigenvalue weighted by atomic mass is 79.9. The molecule has 3 aromatic carbocycles. The highest BCUT2D eigenvalue weighted by Gasteiger charge is 2.47. The Morgan fingerprint density at radius 1 is 0.590 bits per heavy atom. The number of halogens is 3. The molecule has 0 bridgehead atoms. The minimum Gasteiger partial charge on any atom is -0.0683 e. The van der Waals surface area contributed by atoms with Gasteiger partial charge in [-0.15, -0.1) is 0 Å². The SMILES string of the molecule is CC1=Cc2c(ccc(C)c2Br)C1[Si](C)(C)C1C(C)=Cc2c1ccc(C)c2Br.CC1=Cc2ccc(C)c(Br)c2C1. The summed E-state index contributed by atoms with van der Waals surface area (Å²) < 4.78 is 3.82. The molecule has 39 heavy (non-hydrogen) atoms. The lowest BCUT2D eigenvalue weighted by atomic mass is 10.1. The molecule has 0 amide bonds. The average Bonchev–Trinajstić information content (AvgIpc) is 3.54. The van der Waals surface area contributed by atoms with Gasteiger partial charge in [-0.05, 0) is 130 Å². The van der Waals surface area contributed by atoms with Crippen LogP contribution in [0.1, 0.15) is 81.9 Å². The molecule has 0 nitrogen and oxygen atoms in total. The van der Waals surface area contributed by atoms with Crippen molar-refractivity contribution in [1.29, 1.82) is 0 Å². The van der Waals surface area contributed by atoms with Gasteiger partial charge in [0.1, 0.15) is 0 Å². The predicted octanol–water partition coefficient (Wildman–Crippen LogP) is 12.0. The van der Waals surface area contributed by atoms with Crippen molar-refractivity contribution in [3.8, 4) is 0 Å². The molecule has 0 spiro atoms. The number of benzene rings is 3. The normalized spacial score (nSPS) is 19.0. The summed E-state index contributed by atoms with van der Waals surface area (Å²) in [5.41, 5.74) is 18.3. The summed E-state index contributed by atoms with van der Waals surface area (Å²) in [7, 11) is -1.72. The maximum Gasteiger partial charge on any atom is 0.0722 e. The van der Waals surface area contributed by atoms with Crippen LogP contribution in [0, 0.1) is 20.8 Å². The van der Waals surface area contributed by atoms with Gasteiger partial charge >= 0.3 is 0 Å². The molecule has 0 heterocycles. The van der Waals surface area contributed by atoms with Crippen molar-refractivity contribution in [3.05, 3.63) is 117 Å². The van der Waals surface area contributed by atoms with Gasteiger partial charge < -0.3 is 0 Å². The Labute approximate surface area is 261 Å². The van der Waals surface area contributed by atoms with E-state index in [9.17, 15) is 0 Å². The number of hydrogen-bond acceptors (Lipinski definition) is 0. The van der Waals surface area contributed by atoms with Crippen LogP contribution in [0.2, 0.25) is 13.1 Å². The largest absolute Gasteiger partial charge is 0.0722 e. The average molecular weight is 725 g/mol. The van der Waals surface area contributed by atoms with Crippen LogP contribution in [0.5, 0.6) is 0 Å². The van der Waals surface area contributed by atoms with E-state index < -0.39 is 8.07 Å². The first-order valence-electron chi connectivity index (χ1n) is 13.7. The van der Waals surface area contributed by atoms with Crippen molar-refractivity contribution in [3.63, 3.8) is 0 Å². The molecule has 0 aliphatic heterocycles. The molecule has 3 aromatic rings. The fourth-order valence-electron chi connectivity index (χ4n) is 7.15. The monoisotopic (exact) mass is 722 g/mol. The molecule has 0 saturated carbocycles. The van der Waals surface area contributed by atoms with Crippen molar-refractivity contribution >= 4 is 74.1 Å². The summed E-state index contributed by atoms with van der Waals surface area (Å²) in [6, 6.07) is 13.7. The lowest BCUT2D eigenvalue weighted by molar-refractivity contribution is 0.966. The first-order valence-corrected chi connectivity index (χ1v) is 19.3. The second kappa shape index (κ2) is 10.7. The molecule has 202 valence electrons. The van der Waals surface area contributed by atoms with Gasteiger partial charge in [0.05, 0.1) is 8.07 Å². The molecule has 3 aliphatic carbocycles. The quantitative estimate of drug-likeness (QED) is 0.231. The van der Waals surface area contributed by atoms with Gasteiger partial charge in [-0.1, -0.05) is 100 Å². The van der Waals surface area contributed by atoms with Gasteiger partial charge in [0.15, 0.2) is 0 Å². The Morgan fingerprint density at radius 2 is 1.03 bits per heavy atom. The Balaban J connectivity index is 0.000000214. The third-order valence-electron chi connectivity index (χ3n) is 8.91. The molecule has 0 saturated heterocycles. The molecule has 4 heteroatoms. The van der Waals surface area contributed by atoms with Crippen LogP contribution in [0.15, 0.2) is 66.5 Å². The first kappa shape index (κ1) is 29.0. The zero-order valence-corrected chi connectivity index (χ0v) is 29.9. The number of fused-ring (bicyclic) bond motifs is 3. The highest BCUT2D eigenvalue weighted by Crippen LogP contribution is 2.54. The predicted molar refractivity (Wildman–Crippen MR) is 184 cm³/mol. The smallest absolute Gasteiger partial charge is 0.0683 e. The van der Waals surface area contributed by atoms with Gasteiger partial charge in [0, 0.05) is 24.5 Å². The fraction of sp³-hybridized carbons (Fsp3) is 0.314. The van der Waals surface area contributed by atoms with Crippen LogP contribution in [0.3, 0.4) is 0 Å². The van der Waals surface area contributed by atoms with E-state index in [4.69, 9.17) is 0 Å². The third-order valence-corrected chi connectivity index (χ3v) is 16.6. The Kier molecular flexibility index (Phi) is 8.00. The summed E-state index contributed by atoms with van der Waals surface area (Å²) in [4.78, 5) is 0. The van der Waals surface area contributed by atoms with Gasteiger partial charge in [0.25, 0.3) is 0 Å². The Bertz CT molecular complexity index is 1520. The van der Waals surface area contributed by atoms with Gasteiger partial charge in [0.2, 0.25) is 0 Å². The maximum absolute atomic E-state index is 3.84. The lowest BCUT2D eigenvalue weighted by Crippen LogP contribution is -2.42. The second-order valence-corrected chi connectivity index (χ2v) is 19.5. The van der Waals surface area contributed by atoms with E-state index in [2.05, 4.69) is 157 Å². The van der Waals surface area contributed by atoms with Crippen molar-refractivity contribution in [2.24, 2.45) is 0 Å². The van der Waals surface area contributed by atoms with Crippen LogP contribution >= 0.6 is 47.8 Å². The Hall–Kier alpha value is -1.46. The van der Waals surface area contributed by atoms with Crippen LogP contribution in [-0.4, -0.2) is 8.07 Å². The summed E-state index contributed by atoms with van der Waals surface area (Å²) >= 11 is 11.3. The molecule has 6 rings (SSSR count). The molecule has 0 fully saturated rings. The molecule has 3 aliphatic rings.